The largest absolute Gasteiger partial charge is 0.416 e. The number of nitrogens with one attached hydrogen (secondary N) is 1. The quantitative estimate of drug-likeness (QED) is 0.598. The number of sulfonamides is 1. The lowest BCUT2D eigenvalue weighted by atomic mass is 10.0. The summed E-state index contributed by atoms with van der Waals surface area (Å²) >= 11 is 0. The van der Waals surface area contributed by atoms with Gasteiger partial charge in [-0.3, -0.25) is 0 Å². The fourth-order valence-corrected chi connectivity index (χ4v) is 6.96. The van der Waals surface area contributed by atoms with Crippen LogP contribution in [-0.2, 0) is 16.2 Å². The summed E-state index contributed by atoms with van der Waals surface area (Å²) < 4.78 is 66.7. The molecule has 1 saturated heterocycles. The zero-order valence-corrected chi connectivity index (χ0v) is 19.1. The van der Waals surface area contributed by atoms with Gasteiger partial charge < -0.3 is 9.88 Å². The van der Waals surface area contributed by atoms with E-state index in [1.807, 2.05) is 13.1 Å². The number of nitrogens with zero attached hydrogens (tertiary/aromatic N) is 4. The van der Waals surface area contributed by atoms with Gasteiger partial charge in [0.1, 0.15) is 11.7 Å². The molecule has 1 aromatic carbocycles. The maximum absolute atomic E-state index is 13.1. The third-order valence-electron chi connectivity index (χ3n) is 7.07. The van der Waals surface area contributed by atoms with Crippen molar-refractivity contribution in [2.24, 2.45) is 11.8 Å². The van der Waals surface area contributed by atoms with Crippen molar-refractivity contribution in [2.45, 2.75) is 30.0 Å². The van der Waals surface area contributed by atoms with Gasteiger partial charge in [0, 0.05) is 44.0 Å². The maximum atomic E-state index is 13.1. The highest BCUT2D eigenvalue weighted by molar-refractivity contribution is 7.89. The summed E-state index contributed by atoms with van der Waals surface area (Å²) in [5.74, 6) is 0.198. The number of aromatic nitrogens is 2. The lowest BCUT2D eigenvalue weighted by Crippen LogP contribution is -2.34. The Morgan fingerprint density at radius 1 is 1.21 bits per heavy atom. The Morgan fingerprint density at radius 2 is 1.91 bits per heavy atom. The molecule has 3 atom stereocenters. The number of nitriles is 1. The number of halogens is 3. The van der Waals surface area contributed by atoms with Gasteiger partial charge in [0.15, 0.2) is 0 Å². The van der Waals surface area contributed by atoms with Gasteiger partial charge in [0.2, 0.25) is 10.0 Å². The summed E-state index contributed by atoms with van der Waals surface area (Å²) in [5.41, 5.74) is 0.987. The number of pyridine rings is 1. The highest BCUT2D eigenvalue weighted by Crippen LogP contribution is 2.44. The van der Waals surface area contributed by atoms with Gasteiger partial charge in [-0.25, -0.2) is 13.4 Å². The molecule has 0 spiro atoms. The first kappa shape index (κ1) is 22.7. The van der Waals surface area contributed by atoms with Crippen molar-refractivity contribution in [3.63, 3.8) is 0 Å². The van der Waals surface area contributed by atoms with Crippen LogP contribution in [0.15, 0.2) is 47.6 Å². The van der Waals surface area contributed by atoms with Crippen molar-refractivity contribution < 1.29 is 21.6 Å². The molecule has 7 nitrogen and oxygen atoms in total. The van der Waals surface area contributed by atoms with E-state index in [0.29, 0.717) is 17.3 Å². The molecular formula is C23H22F3N5O2S. The lowest BCUT2D eigenvalue weighted by molar-refractivity contribution is -0.137. The van der Waals surface area contributed by atoms with Gasteiger partial charge in [-0.15, -0.1) is 0 Å². The minimum atomic E-state index is -4.61. The van der Waals surface area contributed by atoms with Gasteiger partial charge in [-0.1, -0.05) is 6.07 Å². The Morgan fingerprint density at radius 3 is 2.56 bits per heavy atom. The Hall–Kier alpha value is -3.10. The normalized spacial score (nSPS) is 23.2. The molecule has 0 unspecified atom stereocenters. The lowest BCUT2D eigenvalue weighted by Gasteiger charge is -2.29. The fraction of sp³-hybridized carbons (Fsp3) is 0.391. The number of H-pyrrole nitrogens is 1. The van der Waals surface area contributed by atoms with Crippen molar-refractivity contribution in [3.05, 3.63) is 53.9 Å². The Kier molecular flexibility index (Phi) is 5.33. The number of hydrogen-bond donors (Lipinski definition) is 1. The molecule has 1 saturated carbocycles. The van der Waals surface area contributed by atoms with Crippen LogP contribution in [0.4, 0.5) is 18.9 Å². The number of fused-ring (bicyclic) bond motifs is 2. The average Bonchev–Trinajstić information content (AvgIpc) is 3.52. The molecule has 0 bridgehead atoms. The van der Waals surface area contributed by atoms with E-state index in [9.17, 15) is 26.9 Å². The van der Waals surface area contributed by atoms with Crippen LogP contribution in [0.2, 0.25) is 0 Å². The summed E-state index contributed by atoms with van der Waals surface area (Å²) in [7, 11) is -2.09. The van der Waals surface area contributed by atoms with Crippen molar-refractivity contribution in [1.29, 1.82) is 5.26 Å². The van der Waals surface area contributed by atoms with E-state index in [-0.39, 0.29) is 35.9 Å². The molecule has 3 aromatic rings. The fourth-order valence-electron chi connectivity index (χ4n) is 5.36. The summed E-state index contributed by atoms with van der Waals surface area (Å²) in [5, 5.41) is 10.5. The van der Waals surface area contributed by atoms with Crippen LogP contribution in [0, 0.1) is 23.2 Å². The third-order valence-corrected chi connectivity index (χ3v) is 8.90. The van der Waals surface area contributed by atoms with Crippen molar-refractivity contribution in [2.75, 3.05) is 25.0 Å². The number of benzene rings is 1. The average molecular weight is 490 g/mol. The number of anilines is 1. The van der Waals surface area contributed by atoms with Gasteiger partial charge in [-0.2, -0.15) is 22.7 Å². The molecule has 2 fully saturated rings. The molecule has 34 heavy (non-hydrogen) atoms. The summed E-state index contributed by atoms with van der Waals surface area (Å²) in [6.07, 6.45) is 0.175. The highest BCUT2D eigenvalue weighted by Gasteiger charge is 2.46. The van der Waals surface area contributed by atoms with Gasteiger partial charge >= 0.3 is 6.18 Å². The molecule has 2 aromatic heterocycles. The van der Waals surface area contributed by atoms with Crippen molar-refractivity contribution in [3.8, 4) is 6.07 Å². The van der Waals surface area contributed by atoms with Crippen LogP contribution in [-0.4, -0.2) is 48.9 Å². The van der Waals surface area contributed by atoms with E-state index >= 15 is 0 Å². The molecule has 0 radical (unpaired) electrons. The first-order valence-corrected chi connectivity index (χ1v) is 12.3. The zero-order valence-electron chi connectivity index (χ0n) is 18.2. The number of aromatic amines is 1. The Bertz CT molecular complexity index is 1380. The summed E-state index contributed by atoms with van der Waals surface area (Å²) in [4.78, 5) is 9.09. The van der Waals surface area contributed by atoms with E-state index in [1.54, 1.807) is 12.4 Å². The summed E-state index contributed by atoms with van der Waals surface area (Å²) in [6.45, 7) is 0.545. The molecule has 178 valence electrons. The van der Waals surface area contributed by atoms with E-state index in [2.05, 4.69) is 20.9 Å². The monoisotopic (exact) mass is 489 g/mol. The molecule has 3 heterocycles. The Balaban J connectivity index is 1.34. The molecule has 11 heteroatoms. The van der Waals surface area contributed by atoms with Crippen LogP contribution in [0.1, 0.15) is 24.0 Å². The van der Waals surface area contributed by atoms with Crippen molar-refractivity contribution in [1.82, 2.24) is 14.3 Å². The van der Waals surface area contributed by atoms with E-state index < -0.39 is 21.8 Å². The van der Waals surface area contributed by atoms with E-state index in [4.69, 9.17) is 0 Å². The van der Waals surface area contributed by atoms with E-state index in [1.165, 1.54) is 10.4 Å². The second-order valence-corrected chi connectivity index (χ2v) is 10.9. The number of rotatable bonds is 4. The minimum Gasteiger partial charge on any atom is -0.370 e. The second kappa shape index (κ2) is 7.99. The topological polar surface area (TPSA) is 93.1 Å². The molecule has 1 aliphatic carbocycles. The highest BCUT2D eigenvalue weighted by atomic mass is 32.2. The Labute approximate surface area is 194 Å². The molecule has 1 N–H and O–H groups in total. The number of alkyl halides is 3. The molecule has 5 rings (SSSR count). The van der Waals surface area contributed by atoms with Crippen LogP contribution in [0.5, 0.6) is 0 Å². The molecule has 2 aliphatic rings. The third kappa shape index (κ3) is 3.71. The second-order valence-electron chi connectivity index (χ2n) is 8.98. The SMILES string of the molecule is CN(c1c(C#N)cnc2[nH]ccc12)[C@@H]1C[C@@H]2CN(S(=O)(=O)c3cccc(C(F)(F)F)c3)C[C@@H]2C1. The first-order chi connectivity index (χ1) is 16.1. The molecule has 0 amide bonds. The van der Waals surface area contributed by atoms with Gasteiger partial charge in [0.05, 0.1) is 21.7 Å². The standard InChI is InChI=1S/C23H22F3N5O2S/c1-30(21-16(10-27)11-29-22-20(21)5-6-28-22)18-7-14-12-31(13-15(14)8-18)34(32,33)19-4-2-3-17(9-19)23(24,25)26/h2-6,9,11,14-15,18H,7-8,12-13H2,1H3,(H,28,29)/t14-,15+,18-. The predicted octanol–water partition coefficient (Wildman–Crippen LogP) is 3.99. The van der Waals surface area contributed by atoms with Crippen LogP contribution >= 0.6 is 0 Å². The summed E-state index contributed by atoms with van der Waals surface area (Å²) in [6, 6.07) is 8.11. The van der Waals surface area contributed by atoms with Crippen LogP contribution < -0.4 is 4.90 Å². The minimum absolute atomic E-state index is 0.0992. The molecular weight excluding hydrogens is 467 g/mol. The predicted molar refractivity (Wildman–Crippen MR) is 119 cm³/mol. The number of hydrogen-bond acceptors (Lipinski definition) is 5. The van der Waals surface area contributed by atoms with Gasteiger partial charge in [-0.05, 0) is 48.9 Å². The van der Waals surface area contributed by atoms with Gasteiger partial charge in [0.25, 0.3) is 0 Å². The van der Waals surface area contributed by atoms with Crippen LogP contribution in [0.25, 0.3) is 11.0 Å². The first-order valence-electron chi connectivity index (χ1n) is 10.9. The van der Waals surface area contributed by atoms with E-state index in [0.717, 1.165) is 36.0 Å². The van der Waals surface area contributed by atoms with Crippen LogP contribution in [0.3, 0.4) is 0 Å². The van der Waals surface area contributed by atoms with Crippen molar-refractivity contribution >= 4 is 26.7 Å². The maximum Gasteiger partial charge on any atom is 0.416 e. The smallest absolute Gasteiger partial charge is 0.370 e. The molecule has 1 aliphatic heterocycles. The zero-order chi connectivity index (χ0) is 24.3.